The number of carboxylic acid groups (broad SMARTS) is 1. The molecule has 4 heteroatoms. The van der Waals surface area contributed by atoms with E-state index in [1.165, 1.54) is 0 Å². The zero-order chi connectivity index (χ0) is 13.9. The van der Waals surface area contributed by atoms with Crippen LogP contribution < -0.4 is 0 Å². The average molecular weight is 316 g/mol. The first-order valence-electron chi connectivity index (χ1n) is 6.37. The maximum atomic E-state index is 11.2. The van der Waals surface area contributed by atoms with Crippen LogP contribution in [0.2, 0.25) is 0 Å². The minimum atomic E-state index is -1.07. The summed E-state index contributed by atoms with van der Waals surface area (Å²) in [5.41, 5.74) is 1.57. The molecule has 0 heterocycles. The molecule has 0 atom stereocenters. The molecule has 1 rings (SSSR count). The Morgan fingerprint density at radius 1 is 1.26 bits per heavy atom. The fourth-order valence-corrected chi connectivity index (χ4v) is 1.85. The Morgan fingerprint density at radius 3 is 2.26 bits per heavy atom. The molecule has 19 heavy (non-hydrogen) atoms. The molecule has 0 saturated carbocycles. The molecule has 0 aliphatic carbocycles. The van der Waals surface area contributed by atoms with Crippen LogP contribution in [-0.4, -0.2) is 16.2 Å². The molecule has 0 aliphatic heterocycles. The topological polar surface area (TPSA) is 57.5 Å². The molecule has 1 aromatic rings. The summed E-state index contributed by atoms with van der Waals surface area (Å²) in [5, 5.41) is 19.1. The van der Waals surface area contributed by atoms with Gasteiger partial charge in [0.25, 0.3) is 0 Å². The van der Waals surface area contributed by atoms with Crippen LogP contribution in [0.5, 0.6) is 5.75 Å². The van der Waals surface area contributed by atoms with Gasteiger partial charge in [0, 0.05) is 19.5 Å². The summed E-state index contributed by atoms with van der Waals surface area (Å²) < 4.78 is 0. The molecule has 3 nitrogen and oxygen atoms in total. The van der Waals surface area contributed by atoms with E-state index in [4.69, 9.17) is 5.11 Å². The van der Waals surface area contributed by atoms with E-state index in [0.717, 1.165) is 24.0 Å². The molecule has 0 fully saturated rings. The molecule has 2 N–H and O–H groups in total. The molecule has 102 valence electrons. The molecule has 0 radical (unpaired) electrons. The van der Waals surface area contributed by atoms with Gasteiger partial charge in [-0.3, -0.25) is 0 Å². The zero-order valence-corrected chi connectivity index (χ0v) is 15.3. The maximum Gasteiger partial charge on any atom is 0.339 e. The van der Waals surface area contributed by atoms with Crippen molar-refractivity contribution >= 4 is 5.97 Å². The van der Waals surface area contributed by atoms with E-state index in [1.54, 1.807) is 6.07 Å². The van der Waals surface area contributed by atoms with Gasteiger partial charge in [0.05, 0.1) is 0 Å². The number of hydrogen-bond donors (Lipinski definition) is 2. The van der Waals surface area contributed by atoms with Gasteiger partial charge in [0.1, 0.15) is 11.3 Å². The fraction of sp³-hybridized carbons (Fsp3) is 0.533. The number of carbonyl (C=O) groups is 1. The predicted molar refractivity (Wildman–Crippen MR) is 72.4 cm³/mol. The fourth-order valence-electron chi connectivity index (χ4n) is 1.85. The number of unbranched alkanes of at least 4 members (excludes halogenated alkanes) is 1. The van der Waals surface area contributed by atoms with Crippen LogP contribution in [0.1, 0.15) is 62.0 Å². The van der Waals surface area contributed by atoms with Gasteiger partial charge >= 0.3 is 5.97 Å². The van der Waals surface area contributed by atoms with Gasteiger partial charge in [-0.1, -0.05) is 40.2 Å². The molecule has 0 amide bonds. The van der Waals surface area contributed by atoms with E-state index < -0.39 is 5.97 Å². The Hall–Kier alpha value is -0.887. The number of carboxylic acids is 1. The Kier molecular flexibility index (Phi) is 6.72. The van der Waals surface area contributed by atoms with Gasteiger partial charge in [0.2, 0.25) is 0 Å². The third-order valence-corrected chi connectivity index (χ3v) is 3.08. The number of benzene rings is 1. The van der Waals surface area contributed by atoms with Crippen LogP contribution in [0.4, 0.5) is 0 Å². The summed E-state index contributed by atoms with van der Waals surface area (Å²) in [6, 6.07) is 3.50. The maximum absolute atomic E-state index is 11.2. The number of aromatic hydroxyl groups is 1. The summed E-state index contributed by atoms with van der Waals surface area (Å²) in [4.78, 5) is 11.2. The smallest absolute Gasteiger partial charge is 0.339 e. The van der Waals surface area contributed by atoms with Crippen LogP contribution in [0.15, 0.2) is 12.1 Å². The van der Waals surface area contributed by atoms with Crippen molar-refractivity contribution < 1.29 is 34.5 Å². The summed E-state index contributed by atoms with van der Waals surface area (Å²) in [6.45, 7) is 8.18. The van der Waals surface area contributed by atoms with Crippen LogP contribution in [-0.2, 0) is 31.3 Å². The van der Waals surface area contributed by atoms with E-state index in [9.17, 15) is 9.90 Å². The molecular weight excluding hydrogens is 294 g/mol. The van der Waals surface area contributed by atoms with Gasteiger partial charge in [-0.05, 0) is 35.4 Å². The molecular formula is C15H22O3Zn. The Labute approximate surface area is 127 Å². The van der Waals surface area contributed by atoms with E-state index in [2.05, 4.69) is 6.92 Å². The minimum absolute atomic E-state index is 0. The van der Waals surface area contributed by atoms with Crippen molar-refractivity contribution in [2.45, 2.75) is 52.4 Å². The van der Waals surface area contributed by atoms with Crippen LogP contribution >= 0.6 is 0 Å². The summed E-state index contributed by atoms with van der Waals surface area (Å²) >= 11 is 0. The third kappa shape index (κ3) is 4.61. The normalized spacial score (nSPS) is 10.9. The monoisotopic (exact) mass is 314 g/mol. The molecule has 0 saturated heterocycles. The molecule has 1 aromatic carbocycles. The quantitative estimate of drug-likeness (QED) is 0.832. The van der Waals surface area contributed by atoms with Gasteiger partial charge < -0.3 is 10.2 Å². The van der Waals surface area contributed by atoms with Crippen molar-refractivity contribution in [3.8, 4) is 5.75 Å². The summed E-state index contributed by atoms with van der Waals surface area (Å²) in [7, 11) is 0. The average Bonchev–Trinajstić information content (AvgIpc) is 2.25. The first-order chi connectivity index (χ1) is 8.27. The van der Waals surface area contributed by atoms with E-state index in [-0.39, 0.29) is 36.2 Å². The summed E-state index contributed by atoms with van der Waals surface area (Å²) in [5.74, 6) is -1.15. The standard InChI is InChI=1S/C15H22O3.Zn/c1-5-6-7-10-8-11(15(2,3)4)9-12(13(10)16)14(17)18;/h8-9,16H,5-7H2,1-4H3,(H,17,18);. The second-order valence-corrected chi connectivity index (χ2v) is 5.69. The number of rotatable bonds is 4. The molecule has 0 aromatic heterocycles. The summed E-state index contributed by atoms with van der Waals surface area (Å²) in [6.07, 6.45) is 2.67. The largest absolute Gasteiger partial charge is 0.507 e. The second kappa shape index (κ2) is 7.05. The second-order valence-electron chi connectivity index (χ2n) is 5.69. The molecule has 0 unspecified atom stereocenters. The SMILES string of the molecule is CCCCc1cc(C(C)(C)C)cc(C(=O)O)c1O.[Zn]. The van der Waals surface area contributed by atoms with Crippen LogP contribution in [0.25, 0.3) is 0 Å². The van der Waals surface area contributed by atoms with E-state index >= 15 is 0 Å². The van der Waals surface area contributed by atoms with Crippen LogP contribution in [0.3, 0.4) is 0 Å². The first kappa shape index (κ1) is 18.1. The Balaban J connectivity index is 0.00000324. The number of hydrogen-bond acceptors (Lipinski definition) is 2. The van der Waals surface area contributed by atoms with Crippen molar-refractivity contribution in [1.82, 2.24) is 0 Å². The molecule has 0 aliphatic rings. The minimum Gasteiger partial charge on any atom is -0.507 e. The van der Waals surface area contributed by atoms with Crippen molar-refractivity contribution in [3.63, 3.8) is 0 Å². The van der Waals surface area contributed by atoms with Crippen LogP contribution in [0, 0.1) is 0 Å². The van der Waals surface area contributed by atoms with Crippen molar-refractivity contribution in [2.75, 3.05) is 0 Å². The van der Waals surface area contributed by atoms with E-state index in [1.807, 2.05) is 26.8 Å². The first-order valence-corrected chi connectivity index (χ1v) is 6.37. The van der Waals surface area contributed by atoms with Gasteiger partial charge in [0.15, 0.2) is 0 Å². The van der Waals surface area contributed by atoms with Gasteiger partial charge in [-0.15, -0.1) is 0 Å². The van der Waals surface area contributed by atoms with Gasteiger partial charge in [-0.25, -0.2) is 4.79 Å². The van der Waals surface area contributed by atoms with Gasteiger partial charge in [-0.2, -0.15) is 0 Å². The van der Waals surface area contributed by atoms with Crippen molar-refractivity contribution in [3.05, 3.63) is 28.8 Å². The van der Waals surface area contributed by atoms with E-state index in [0.29, 0.717) is 6.42 Å². The Bertz CT molecular complexity index is 447. The number of phenols is 1. The predicted octanol–water partition coefficient (Wildman–Crippen LogP) is 3.73. The Morgan fingerprint density at radius 2 is 1.84 bits per heavy atom. The zero-order valence-electron chi connectivity index (χ0n) is 12.3. The number of aromatic carboxylic acids is 1. The van der Waals surface area contributed by atoms with Crippen molar-refractivity contribution in [1.29, 1.82) is 0 Å². The van der Waals surface area contributed by atoms with Crippen molar-refractivity contribution in [2.24, 2.45) is 0 Å². The number of aryl methyl sites for hydroxylation is 1. The molecule has 0 bridgehead atoms. The third-order valence-electron chi connectivity index (χ3n) is 3.08. The molecule has 0 spiro atoms.